The molecule has 1 heterocycles. The van der Waals surface area contributed by atoms with Gasteiger partial charge in [-0.3, -0.25) is 4.79 Å². The van der Waals surface area contributed by atoms with Gasteiger partial charge in [0.1, 0.15) is 5.75 Å². The van der Waals surface area contributed by atoms with Crippen molar-refractivity contribution in [3.63, 3.8) is 0 Å². The van der Waals surface area contributed by atoms with E-state index in [1.165, 1.54) is 0 Å². The Morgan fingerprint density at radius 1 is 1.44 bits per heavy atom. The Kier molecular flexibility index (Phi) is 4.82. The van der Waals surface area contributed by atoms with Crippen molar-refractivity contribution >= 4 is 28.5 Å². The number of benzene rings is 1. The van der Waals surface area contributed by atoms with Crippen molar-refractivity contribution in [1.82, 2.24) is 10.6 Å². The van der Waals surface area contributed by atoms with E-state index in [0.717, 1.165) is 35.9 Å². The highest BCUT2D eigenvalue weighted by atomic mass is 127. The third-order valence-electron chi connectivity index (χ3n) is 3.09. The molecule has 1 aromatic carbocycles. The normalized spacial score (nSPS) is 20.2. The van der Waals surface area contributed by atoms with E-state index in [9.17, 15) is 9.90 Å². The zero-order chi connectivity index (χ0) is 13.0. The first-order valence-corrected chi connectivity index (χ1v) is 7.25. The summed E-state index contributed by atoms with van der Waals surface area (Å²) in [6, 6.07) is 5.19. The van der Waals surface area contributed by atoms with Gasteiger partial charge in [0.05, 0.1) is 5.56 Å². The van der Waals surface area contributed by atoms with Crippen LogP contribution in [0.1, 0.15) is 29.6 Å². The summed E-state index contributed by atoms with van der Waals surface area (Å²) in [5.74, 6) is -0.158. The van der Waals surface area contributed by atoms with E-state index in [4.69, 9.17) is 0 Å². The summed E-state index contributed by atoms with van der Waals surface area (Å²) in [6.07, 6.45) is 3.26. The number of hydrogen-bond acceptors (Lipinski definition) is 3. The summed E-state index contributed by atoms with van der Waals surface area (Å²) in [4.78, 5) is 12.1. The lowest BCUT2D eigenvalue weighted by Crippen LogP contribution is -2.40. The van der Waals surface area contributed by atoms with Crippen LogP contribution >= 0.6 is 22.6 Å². The van der Waals surface area contributed by atoms with Crippen LogP contribution in [0.4, 0.5) is 0 Å². The first-order chi connectivity index (χ1) is 8.66. The summed E-state index contributed by atoms with van der Waals surface area (Å²) in [6.45, 7) is 1.82. The summed E-state index contributed by atoms with van der Waals surface area (Å²) < 4.78 is 0.939. The molecular formula is C13H17IN2O2. The van der Waals surface area contributed by atoms with Gasteiger partial charge in [0.2, 0.25) is 0 Å². The average Bonchev–Trinajstić information content (AvgIpc) is 2.61. The lowest BCUT2D eigenvalue weighted by molar-refractivity contribution is 0.0933. The molecule has 1 aliphatic heterocycles. The van der Waals surface area contributed by atoms with Gasteiger partial charge in [0, 0.05) is 16.2 Å². The fraction of sp³-hybridized carbons (Fsp3) is 0.462. The Hall–Kier alpha value is -0.820. The highest BCUT2D eigenvalue weighted by Gasteiger charge is 2.17. The third kappa shape index (κ3) is 3.58. The molecule has 1 saturated heterocycles. The molecule has 1 atom stereocenters. The summed E-state index contributed by atoms with van der Waals surface area (Å²) in [7, 11) is 0. The number of phenols is 1. The van der Waals surface area contributed by atoms with Crippen LogP contribution in [0.2, 0.25) is 0 Å². The molecule has 4 nitrogen and oxygen atoms in total. The highest BCUT2D eigenvalue weighted by molar-refractivity contribution is 14.1. The highest BCUT2D eigenvalue weighted by Crippen LogP contribution is 2.19. The van der Waals surface area contributed by atoms with Crippen LogP contribution in [0.3, 0.4) is 0 Å². The maximum Gasteiger partial charge on any atom is 0.255 e. The molecule has 18 heavy (non-hydrogen) atoms. The number of halogens is 1. The van der Waals surface area contributed by atoms with Crippen LogP contribution in [0.15, 0.2) is 18.2 Å². The van der Waals surface area contributed by atoms with E-state index >= 15 is 0 Å². The topological polar surface area (TPSA) is 61.4 Å². The molecule has 1 unspecified atom stereocenters. The second-order valence-electron chi connectivity index (χ2n) is 4.53. The van der Waals surface area contributed by atoms with Crippen LogP contribution in [0.25, 0.3) is 0 Å². The Balaban J connectivity index is 2.04. The zero-order valence-electron chi connectivity index (χ0n) is 10.1. The minimum absolute atomic E-state index is 0.0366. The molecular weight excluding hydrogens is 343 g/mol. The van der Waals surface area contributed by atoms with E-state index in [1.807, 2.05) is 0 Å². The predicted molar refractivity (Wildman–Crippen MR) is 78.8 cm³/mol. The molecule has 5 heteroatoms. The SMILES string of the molecule is O=C(NC1CCCCNC1)c1cc(I)ccc1O. The summed E-state index contributed by atoms with van der Waals surface area (Å²) in [5.41, 5.74) is 0.353. The average molecular weight is 360 g/mol. The smallest absolute Gasteiger partial charge is 0.255 e. The van der Waals surface area contributed by atoms with E-state index in [-0.39, 0.29) is 17.7 Å². The van der Waals surface area contributed by atoms with Crippen LogP contribution in [0, 0.1) is 3.57 Å². The van der Waals surface area contributed by atoms with Gasteiger partial charge in [-0.05, 0) is 60.2 Å². The molecule has 0 spiro atoms. The molecule has 1 aromatic rings. The van der Waals surface area contributed by atoms with Gasteiger partial charge in [0.15, 0.2) is 0 Å². The minimum Gasteiger partial charge on any atom is -0.507 e. The third-order valence-corrected chi connectivity index (χ3v) is 3.76. The Morgan fingerprint density at radius 3 is 3.11 bits per heavy atom. The summed E-state index contributed by atoms with van der Waals surface area (Å²) in [5, 5.41) is 16.0. The standard InChI is InChI=1S/C13H17IN2O2/c14-9-4-5-12(17)11(7-9)13(18)16-10-3-1-2-6-15-8-10/h4-5,7,10,15,17H,1-3,6,8H2,(H,16,18). The molecule has 0 aliphatic carbocycles. The van der Waals surface area contributed by atoms with Crippen LogP contribution in [0.5, 0.6) is 5.75 Å². The number of hydrogen-bond donors (Lipinski definition) is 3. The summed E-state index contributed by atoms with van der Waals surface area (Å²) >= 11 is 2.13. The van der Waals surface area contributed by atoms with Gasteiger partial charge < -0.3 is 15.7 Å². The molecule has 98 valence electrons. The number of aromatic hydroxyl groups is 1. The van der Waals surface area contributed by atoms with Gasteiger partial charge in [-0.2, -0.15) is 0 Å². The fourth-order valence-electron chi connectivity index (χ4n) is 2.10. The Bertz CT molecular complexity index is 429. The van der Waals surface area contributed by atoms with Gasteiger partial charge in [-0.1, -0.05) is 6.42 Å². The van der Waals surface area contributed by atoms with Crippen molar-refractivity contribution < 1.29 is 9.90 Å². The van der Waals surface area contributed by atoms with Gasteiger partial charge in [0.25, 0.3) is 5.91 Å². The van der Waals surface area contributed by atoms with E-state index in [1.54, 1.807) is 18.2 Å². The molecule has 0 bridgehead atoms. The van der Waals surface area contributed by atoms with Crippen molar-refractivity contribution in [2.75, 3.05) is 13.1 Å². The molecule has 0 saturated carbocycles. The Labute approximate surface area is 120 Å². The number of carbonyl (C=O) groups excluding carboxylic acids is 1. The van der Waals surface area contributed by atoms with Crippen LogP contribution in [-0.4, -0.2) is 30.1 Å². The second-order valence-corrected chi connectivity index (χ2v) is 5.78. The van der Waals surface area contributed by atoms with E-state index in [0.29, 0.717) is 5.56 Å². The molecule has 1 amide bonds. The van der Waals surface area contributed by atoms with Gasteiger partial charge >= 0.3 is 0 Å². The van der Waals surface area contributed by atoms with E-state index in [2.05, 4.69) is 33.2 Å². The van der Waals surface area contributed by atoms with Crippen molar-refractivity contribution in [1.29, 1.82) is 0 Å². The van der Waals surface area contributed by atoms with Crippen LogP contribution in [-0.2, 0) is 0 Å². The first-order valence-electron chi connectivity index (χ1n) is 6.17. The molecule has 0 radical (unpaired) electrons. The van der Waals surface area contributed by atoms with Gasteiger partial charge in [-0.25, -0.2) is 0 Å². The number of phenolic OH excluding ortho intramolecular Hbond substituents is 1. The van der Waals surface area contributed by atoms with Crippen molar-refractivity contribution in [2.45, 2.75) is 25.3 Å². The maximum atomic E-state index is 12.1. The monoisotopic (exact) mass is 360 g/mol. The molecule has 0 aromatic heterocycles. The lowest BCUT2D eigenvalue weighted by atomic mass is 10.1. The molecule has 2 rings (SSSR count). The quantitative estimate of drug-likeness (QED) is 0.706. The fourth-order valence-corrected chi connectivity index (χ4v) is 2.59. The first kappa shape index (κ1) is 13.6. The van der Waals surface area contributed by atoms with Crippen molar-refractivity contribution in [2.24, 2.45) is 0 Å². The predicted octanol–water partition coefficient (Wildman–Crippen LogP) is 1.87. The number of nitrogens with one attached hydrogen (secondary N) is 2. The lowest BCUT2D eigenvalue weighted by Gasteiger charge is -2.16. The van der Waals surface area contributed by atoms with Crippen LogP contribution < -0.4 is 10.6 Å². The molecule has 1 fully saturated rings. The second kappa shape index (κ2) is 6.38. The largest absolute Gasteiger partial charge is 0.507 e. The van der Waals surface area contributed by atoms with E-state index < -0.39 is 0 Å². The Morgan fingerprint density at radius 2 is 2.28 bits per heavy atom. The maximum absolute atomic E-state index is 12.1. The molecule has 1 aliphatic rings. The number of rotatable bonds is 2. The minimum atomic E-state index is -0.195. The van der Waals surface area contributed by atoms with Crippen molar-refractivity contribution in [3.8, 4) is 5.75 Å². The number of amides is 1. The zero-order valence-corrected chi connectivity index (χ0v) is 12.2. The van der Waals surface area contributed by atoms with Crippen molar-refractivity contribution in [3.05, 3.63) is 27.3 Å². The molecule has 3 N–H and O–H groups in total. The van der Waals surface area contributed by atoms with Gasteiger partial charge in [-0.15, -0.1) is 0 Å². The number of carbonyl (C=O) groups is 1.